The van der Waals surface area contributed by atoms with Crippen LogP contribution in [0.3, 0.4) is 0 Å². The number of fused-ring (bicyclic) bond motifs is 6. The van der Waals surface area contributed by atoms with Gasteiger partial charge in [-0.25, -0.2) is 15.0 Å². The predicted octanol–water partition coefficient (Wildman–Crippen LogP) is 17.4. The first-order valence-electron chi connectivity index (χ1n) is 25.5. The number of aryl methyl sites for hydroxylation is 10. The molecule has 0 aliphatic rings. The lowest BCUT2D eigenvalue weighted by Crippen LogP contribution is -2.07. The molecule has 0 aliphatic heterocycles. The Bertz CT molecular complexity index is 4230. The molecule has 0 atom stereocenters. The topological polar surface area (TPSA) is 72.3 Å². The third-order valence-electron chi connectivity index (χ3n) is 15.0. The third kappa shape index (κ3) is 7.84. The van der Waals surface area contributed by atoms with Gasteiger partial charge in [-0.2, -0.15) is 5.26 Å². The first kappa shape index (κ1) is 46.2. The molecule has 0 saturated heterocycles. The Morgan fingerprint density at radius 3 is 1.09 bits per heavy atom. The highest BCUT2D eigenvalue weighted by molar-refractivity contribution is 6.14. The molecule has 0 spiro atoms. The third-order valence-corrected chi connectivity index (χ3v) is 15.0. The average molecular weight is 957 g/mol. The van der Waals surface area contributed by atoms with E-state index in [1.54, 1.807) is 0 Å². The Balaban J connectivity index is 1.27. The molecule has 0 fully saturated rings. The molecule has 358 valence electrons. The normalized spacial score (nSPS) is 11.6. The van der Waals surface area contributed by atoms with E-state index in [9.17, 15) is 5.26 Å². The van der Waals surface area contributed by atoms with Crippen LogP contribution in [0.5, 0.6) is 0 Å². The zero-order valence-corrected chi connectivity index (χ0v) is 43.7. The summed E-state index contributed by atoms with van der Waals surface area (Å²) in [7, 11) is 0. The van der Waals surface area contributed by atoms with Gasteiger partial charge in [0.25, 0.3) is 0 Å². The summed E-state index contributed by atoms with van der Waals surface area (Å²) in [6.07, 6.45) is 0. The van der Waals surface area contributed by atoms with Gasteiger partial charge in [0.05, 0.1) is 45.1 Å². The Hall–Kier alpha value is -8.92. The smallest absolute Gasteiger partial charge is 0.164 e. The molecule has 0 N–H and O–H groups in total. The fourth-order valence-corrected chi connectivity index (χ4v) is 11.7. The van der Waals surface area contributed by atoms with Crippen molar-refractivity contribution in [2.45, 2.75) is 69.2 Å². The Kier molecular flexibility index (Phi) is 11.0. The maximum absolute atomic E-state index is 11.4. The van der Waals surface area contributed by atoms with Crippen LogP contribution < -0.4 is 0 Å². The highest BCUT2D eigenvalue weighted by atomic mass is 15.1. The van der Waals surface area contributed by atoms with Crippen molar-refractivity contribution in [1.82, 2.24) is 24.1 Å². The number of rotatable bonds is 7. The Morgan fingerprint density at radius 2 is 0.703 bits per heavy atom. The predicted molar refractivity (Wildman–Crippen MR) is 308 cm³/mol. The Morgan fingerprint density at radius 1 is 0.324 bits per heavy atom. The van der Waals surface area contributed by atoms with Crippen LogP contribution in [0.15, 0.2) is 158 Å². The van der Waals surface area contributed by atoms with Crippen LogP contribution in [0.4, 0.5) is 0 Å². The van der Waals surface area contributed by atoms with E-state index in [4.69, 9.17) is 9.97 Å². The maximum atomic E-state index is 11.4. The molecule has 9 aromatic carbocycles. The molecular formula is C68H56N6. The minimum atomic E-state index is 0.462. The molecule has 74 heavy (non-hydrogen) atoms. The Labute approximate surface area is 432 Å². The molecule has 0 unspecified atom stereocenters. The molecule has 6 nitrogen and oxygen atoms in total. The summed E-state index contributed by atoms with van der Waals surface area (Å²) in [5.41, 5.74) is 26.0. The fraction of sp³-hybridized carbons (Fsp3) is 0.147. The van der Waals surface area contributed by atoms with Crippen LogP contribution in [0.2, 0.25) is 0 Å². The van der Waals surface area contributed by atoms with Gasteiger partial charge in [-0.05, 0) is 167 Å². The molecule has 3 aromatic heterocycles. The SMILES string of the molecule is Cc1cc(C)cc(-c2ccc3c4ccc(-c5ccc(C)cc5C)cc4n(-c4cc(C#N)c(-c5nc(C)nc(C)n5)cc4-n4c5cc(-c6ccc(C)cc6C)ccc5c5ccc(-c6ccc(C)cc6C)cc54)c3c2)c1. The van der Waals surface area contributed by atoms with Gasteiger partial charge in [0.2, 0.25) is 0 Å². The van der Waals surface area contributed by atoms with Gasteiger partial charge in [-0.3, -0.25) is 0 Å². The zero-order chi connectivity index (χ0) is 51.3. The number of benzene rings is 9. The zero-order valence-electron chi connectivity index (χ0n) is 43.7. The molecule has 12 rings (SSSR count). The van der Waals surface area contributed by atoms with Crippen LogP contribution in [0.1, 0.15) is 61.7 Å². The summed E-state index contributed by atoms with van der Waals surface area (Å²) < 4.78 is 4.85. The summed E-state index contributed by atoms with van der Waals surface area (Å²) >= 11 is 0. The number of hydrogen-bond acceptors (Lipinski definition) is 4. The summed E-state index contributed by atoms with van der Waals surface area (Å²) in [5.74, 6) is 1.65. The first-order chi connectivity index (χ1) is 35.7. The van der Waals surface area contributed by atoms with Crippen molar-refractivity contribution in [1.29, 1.82) is 5.26 Å². The van der Waals surface area contributed by atoms with Gasteiger partial charge >= 0.3 is 0 Å². The molecular weight excluding hydrogens is 901 g/mol. The van der Waals surface area contributed by atoms with E-state index >= 15 is 0 Å². The summed E-state index contributed by atoms with van der Waals surface area (Å²) in [4.78, 5) is 14.4. The number of hydrogen-bond donors (Lipinski definition) is 0. The van der Waals surface area contributed by atoms with Crippen LogP contribution in [0, 0.1) is 80.6 Å². The molecule has 0 aliphatic carbocycles. The quantitative estimate of drug-likeness (QED) is 0.160. The van der Waals surface area contributed by atoms with Gasteiger partial charge < -0.3 is 9.13 Å². The summed E-state index contributed by atoms with van der Waals surface area (Å²) in [5, 5.41) is 15.9. The molecule has 0 bridgehead atoms. The number of nitriles is 1. The maximum Gasteiger partial charge on any atom is 0.164 e. The van der Waals surface area contributed by atoms with Crippen LogP contribution in [-0.4, -0.2) is 24.1 Å². The monoisotopic (exact) mass is 956 g/mol. The first-order valence-corrected chi connectivity index (χ1v) is 25.5. The molecule has 0 saturated carbocycles. The van der Waals surface area contributed by atoms with Crippen molar-refractivity contribution in [2.24, 2.45) is 0 Å². The molecule has 3 heterocycles. The van der Waals surface area contributed by atoms with Gasteiger partial charge in [-0.1, -0.05) is 149 Å². The van der Waals surface area contributed by atoms with Gasteiger partial charge in [0.15, 0.2) is 5.82 Å². The van der Waals surface area contributed by atoms with Gasteiger partial charge in [-0.15, -0.1) is 0 Å². The lowest BCUT2D eigenvalue weighted by molar-refractivity contribution is 0.927. The van der Waals surface area contributed by atoms with Crippen molar-refractivity contribution in [2.75, 3.05) is 0 Å². The van der Waals surface area contributed by atoms with Crippen LogP contribution in [-0.2, 0) is 0 Å². The van der Waals surface area contributed by atoms with E-state index in [1.165, 1.54) is 61.2 Å². The van der Waals surface area contributed by atoms with Crippen molar-refractivity contribution < 1.29 is 0 Å². The van der Waals surface area contributed by atoms with E-state index in [0.717, 1.165) is 82.8 Å². The van der Waals surface area contributed by atoms with Crippen LogP contribution in [0.25, 0.3) is 111 Å². The molecule has 0 amide bonds. The minimum absolute atomic E-state index is 0.462. The van der Waals surface area contributed by atoms with Gasteiger partial charge in [0.1, 0.15) is 11.6 Å². The molecule has 6 heteroatoms. The van der Waals surface area contributed by atoms with E-state index in [1.807, 2.05) is 13.8 Å². The summed E-state index contributed by atoms with van der Waals surface area (Å²) in [6.45, 7) is 21.1. The van der Waals surface area contributed by atoms with Crippen LogP contribution >= 0.6 is 0 Å². The lowest BCUT2D eigenvalue weighted by Gasteiger charge is -2.20. The average Bonchev–Trinajstić information content (AvgIpc) is 3.88. The second-order valence-corrected chi connectivity index (χ2v) is 20.7. The lowest BCUT2D eigenvalue weighted by atomic mass is 9.96. The standard InChI is InChI=1S/C68H56N6/c1-38-11-18-54(43(6)26-38)49-15-22-58-57-21-14-48(52-29-41(4)25-42(5)30-52)31-62(57)73(63(58)32-49)66-35-53(37-69)61(68-71-46(9)70-47(10)72-68)36-67(66)74-64-33-50(55-19-12-39(2)27-44(55)7)16-23-59(64)60-24-17-51(34-65(60)74)56-20-13-40(3)28-45(56)8/h11-36H,1-10H3. The van der Waals surface area contributed by atoms with E-state index < -0.39 is 0 Å². The highest BCUT2D eigenvalue weighted by Crippen LogP contribution is 2.44. The van der Waals surface area contributed by atoms with E-state index in [2.05, 4.69) is 233 Å². The molecule has 0 radical (unpaired) electrons. The summed E-state index contributed by atoms with van der Waals surface area (Å²) in [6, 6.07) is 61.3. The second-order valence-electron chi connectivity index (χ2n) is 20.7. The number of nitrogens with zero attached hydrogens (tertiary/aromatic N) is 6. The van der Waals surface area contributed by atoms with Gasteiger partial charge in [0, 0.05) is 27.1 Å². The van der Waals surface area contributed by atoms with Crippen molar-refractivity contribution >= 4 is 43.6 Å². The van der Waals surface area contributed by atoms with E-state index in [0.29, 0.717) is 28.6 Å². The molecule has 12 aromatic rings. The van der Waals surface area contributed by atoms with E-state index in [-0.39, 0.29) is 0 Å². The minimum Gasteiger partial charge on any atom is -0.307 e. The van der Waals surface area contributed by atoms with Crippen molar-refractivity contribution in [3.63, 3.8) is 0 Å². The highest BCUT2D eigenvalue weighted by Gasteiger charge is 2.25. The second kappa shape index (κ2) is 17.7. The number of aromatic nitrogens is 5. The van der Waals surface area contributed by atoms with Crippen molar-refractivity contribution in [3.8, 4) is 73.3 Å². The fourth-order valence-electron chi connectivity index (χ4n) is 11.7. The van der Waals surface area contributed by atoms with Crippen molar-refractivity contribution in [3.05, 3.63) is 219 Å². The largest absolute Gasteiger partial charge is 0.307 e.